The molecule has 2 aliphatic rings. The number of H-pyrrole nitrogens is 2. The lowest BCUT2D eigenvalue weighted by Crippen LogP contribution is -1.71. The second-order valence-corrected chi connectivity index (χ2v) is 3.87. The van der Waals surface area contributed by atoms with Gasteiger partial charge in [0, 0.05) is 18.0 Å². The number of aromatic nitrogens is 2. The molecule has 0 radical (unpaired) electrons. The van der Waals surface area contributed by atoms with E-state index in [9.17, 15) is 0 Å². The van der Waals surface area contributed by atoms with E-state index in [1.807, 2.05) is 30.6 Å². The van der Waals surface area contributed by atoms with E-state index in [4.69, 9.17) is 4.42 Å². The number of aromatic amines is 2. The minimum atomic E-state index is 0.856. The first-order chi connectivity index (χ1) is 6.93. The fraction of sp³-hybridized carbons (Fsp3) is 0. The van der Waals surface area contributed by atoms with Crippen molar-refractivity contribution in [1.82, 2.24) is 9.36 Å². The Morgan fingerprint density at radius 1 is 1.21 bits per heavy atom. The van der Waals surface area contributed by atoms with Gasteiger partial charge in [0.05, 0.1) is 5.69 Å². The van der Waals surface area contributed by atoms with Gasteiger partial charge in [0.2, 0.25) is 0 Å². The summed E-state index contributed by atoms with van der Waals surface area (Å²) in [6.45, 7) is 0. The second kappa shape index (κ2) is 2.92. The van der Waals surface area contributed by atoms with Crippen LogP contribution in [0.2, 0.25) is 0 Å². The fourth-order valence-corrected chi connectivity index (χ4v) is 2.11. The van der Waals surface area contributed by atoms with Crippen molar-refractivity contribution in [3.05, 3.63) is 36.9 Å². The summed E-state index contributed by atoms with van der Waals surface area (Å²) in [6.07, 6.45) is 5.51. The molecule has 2 N–H and O–H groups in total. The molecule has 0 bridgehead atoms. The smallest absolute Gasteiger partial charge is 0.162 e. The molecule has 2 heterocycles. The van der Waals surface area contributed by atoms with Crippen LogP contribution in [0.3, 0.4) is 0 Å². The lowest BCUT2D eigenvalue weighted by atomic mass is 10.3. The van der Waals surface area contributed by atoms with Gasteiger partial charge in [-0.15, -0.1) is 0 Å². The van der Waals surface area contributed by atoms with E-state index in [0.717, 1.165) is 21.5 Å². The van der Waals surface area contributed by atoms with E-state index in [0.29, 0.717) is 0 Å². The summed E-state index contributed by atoms with van der Waals surface area (Å²) in [4.78, 5) is 3.01. The molecule has 0 amide bonds. The van der Waals surface area contributed by atoms with Gasteiger partial charge in [-0.2, -0.15) is 0 Å². The van der Waals surface area contributed by atoms with Crippen LogP contribution in [0.25, 0.3) is 21.5 Å². The Kier molecular flexibility index (Phi) is 1.61. The van der Waals surface area contributed by atoms with Crippen LogP contribution in [-0.2, 0) is 0 Å². The molecule has 1 aromatic heterocycles. The van der Waals surface area contributed by atoms with Crippen molar-refractivity contribution >= 4 is 21.8 Å². The molecule has 0 aromatic carbocycles. The van der Waals surface area contributed by atoms with E-state index >= 15 is 0 Å². The third-order valence-electron chi connectivity index (χ3n) is 2.11. The maximum atomic E-state index is 5.54. The Morgan fingerprint density at radius 2 is 2.21 bits per heavy atom. The summed E-state index contributed by atoms with van der Waals surface area (Å²) in [6, 6.07) is 6.04. The van der Waals surface area contributed by atoms with E-state index in [2.05, 4.69) is 9.36 Å². The summed E-state index contributed by atoms with van der Waals surface area (Å²) in [5.74, 6) is 0. The quantitative estimate of drug-likeness (QED) is 0.579. The molecule has 0 atom stereocenters. The monoisotopic (exact) mass is 204 g/mol. The number of hydrogen-bond donors (Lipinski definition) is 2. The zero-order valence-electron chi connectivity index (χ0n) is 7.28. The molecular weight excluding hydrogens is 196 g/mol. The first-order valence-corrected chi connectivity index (χ1v) is 5.10. The molecule has 70 valence electrons. The summed E-state index contributed by atoms with van der Waals surface area (Å²) in [7, 11) is 0. The largest absolute Gasteiger partial charge is 0.461 e. The lowest BCUT2D eigenvalue weighted by Gasteiger charge is -1.93. The highest BCUT2D eigenvalue weighted by Crippen LogP contribution is 2.22. The van der Waals surface area contributed by atoms with Crippen molar-refractivity contribution in [2.45, 2.75) is 0 Å². The molecule has 1 aromatic rings. The van der Waals surface area contributed by atoms with Crippen LogP contribution >= 0.6 is 11.5 Å². The minimum Gasteiger partial charge on any atom is -0.461 e. The number of rotatable bonds is 0. The zero-order chi connectivity index (χ0) is 9.38. The predicted molar refractivity (Wildman–Crippen MR) is 57.0 cm³/mol. The summed E-state index contributed by atoms with van der Waals surface area (Å²) < 4.78 is 9.87. The van der Waals surface area contributed by atoms with Gasteiger partial charge in [-0.05, 0) is 12.1 Å². The van der Waals surface area contributed by atoms with Crippen LogP contribution in [0.5, 0.6) is 0 Å². The van der Waals surface area contributed by atoms with Crippen molar-refractivity contribution in [2.75, 3.05) is 0 Å². The Labute approximate surface area is 84.2 Å². The number of hydrogen-bond acceptors (Lipinski definition) is 2. The molecule has 0 saturated heterocycles. The standard InChI is InChI=1S/C10H8N2OS/c1-2-7-6-13-9-4-11-5-10(9)14-12-8(7)3-1/h1-6,11-12H. The SMILES string of the molecule is c1cc2coc3c[nH]cc3s[nH]c-2c1. The van der Waals surface area contributed by atoms with E-state index in [1.165, 1.54) is 0 Å². The van der Waals surface area contributed by atoms with Crippen LogP contribution < -0.4 is 0 Å². The molecule has 1 aliphatic heterocycles. The van der Waals surface area contributed by atoms with Crippen LogP contribution in [0.4, 0.5) is 0 Å². The highest BCUT2D eigenvalue weighted by atomic mass is 32.1. The molecule has 14 heavy (non-hydrogen) atoms. The lowest BCUT2D eigenvalue weighted by molar-refractivity contribution is 0.608. The third kappa shape index (κ3) is 1.12. The third-order valence-corrected chi connectivity index (χ3v) is 2.97. The summed E-state index contributed by atoms with van der Waals surface area (Å²) in [5, 5.41) is 0. The Balaban J connectivity index is 2.44. The van der Waals surface area contributed by atoms with E-state index in [-0.39, 0.29) is 0 Å². The highest BCUT2D eigenvalue weighted by Gasteiger charge is 2.00. The topological polar surface area (TPSA) is 44.7 Å². The van der Waals surface area contributed by atoms with Gasteiger partial charge in [-0.25, -0.2) is 0 Å². The average Bonchev–Trinajstić information content (AvgIpc) is 2.75. The number of fused-ring (bicyclic) bond motifs is 2. The number of nitrogens with one attached hydrogen (secondary N) is 2. The van der Waals surface area contributed by atoms with Gasteiger partial charge < -0.3 is 13.8 Å². The van der Waals surface area contributed by atoms with Gasteiger partial charge in [-0.1, -0.05) is 17.6 Å². The zero-order valence-corrected chi connectivity index (χ0v) is 8.10. The summed E-state index contributed by atoms with van der Waals surface area (Å²) in [5.41, 5.74) is 3.01. The van der Waals surface area contributed by atoms with Crippen molar-refractivity contribution in [1.29, 1.82) is 0 Å². The molecule has 0 fully saturated rings. The minimum absolute atomic E-state index is 0.856. The first kappa shape index (κ1) is 7.70. The molecular formula is C10H8N2OS. The Hall–Kier alpha value is -1.68. The molecule has 0 saturated carbocycles. The van der Waals surface area contributed by atoms with Crippen molar-refractivity contribution in [3.8, 4) is 11.3 Å². The van der Waals surface area contributed by atoms with E-state index in [1.54, 1.807) is 17.8 Å². The van der Waals surface area contributed by atoms with Crippen molar-refractivity contribution in [3.63, 3.8) is 0 Å². The van der Waals surface area contributed by atoms with Gasteiger partial charge >= 0.3 is 0 Å². The molecule has 3 rings (SSSR count). The van der Waals surface area contributed by atoms with Crippen LogP contribution in [0.1, 0.15) is 0 Å². The maximum absolute atomic E-state index is 5.54. The van der Waals surface area contributed by atoms with Crippen LogP contribution in [0.15, 0.2) is 41.3 Å². The Bertz CT molecular complexity index is 523. The second-order valence-electron chi connectivity index (χ2n) is 3.02. The fourth-order valence-electron chi connectivity index (χ4n) is 1.37. The van der Waals surface area contributed by atoms with Crippen LogP contribution in [-0.4, -0.2) is 9.36 Å². The first-order valence-electron chi connectivity index (χ1n) is 4.29. The van der Waals surface area contributed by atoms with Crippen molar-refractivity contribution in [2.24, 2.45) is 0 Å². The molecule has 1 aliphatic carbocycles. The van der Waals surface area contributed by atoms with Gasteiger partial charge in [-0.3, -0.25) is 0 Å². The normalized spacial score (nSPS) is 10.9. The van der Waals surface area contributed by atoms with Crippen LogP contribution in [0, 0.1) is 0 Å². The summed E-state index contributed by atoms with van der Waals surface area (Å²) >= 11 is 1.55. The Morgan fingerprint density at radius 3 is 3.21 bits per heavy atom. The van der Waals surface area contributed by atoms with Gasteiger partial charge in [0.15, 0.2) is 5.58 Å². The molecule has 3 nitrogen and oxygen atoms in total. The van der Waals surface area contributed by atoms with Gasteiger partial charge in [0.25, 0.3) is 0 Å². The maximum Gasteiger partial charge on any atom is 0.162 e. The van der Waals surface area contributed by atoms with E-state index < -0.39 is 0 Å². The van der Waals surface area contributed by atoms with Gasteiger partial charge in [0.1, 0.15) is 11.0 Å². The molecule has 0 unspecified atom stereocenters. The molecule has 0 spiro atoms. The average molecular weight is 204 g/mol. The highest BCUT2D eigenvalue weighted by molar-refractivity contribution is 7.12. The molecule has 4 heteroatoms. The predicted octanol–water partition coefficient (Wildman–Crippen LogP) is 3.38. The van der Waals surface area contributed by atoms with Crippen molar-refractivity contribution < 1.29 is 4.42 Å².